The van der Waals surface area contributed by atoms with E-state index in [9.17, 15) is 23.2 Å². The second-order valence-corrected chi connectivity index (χ2v) is 8.09. The normalized spacial score (nSPS) is 13.2. The summed E-state index contributed by atoms with van der Waals surface area (Å²) in [5, 5.41) is 21.3. The molecule has 0 spiro atoms. The first-order valence-electron chi connectivity index (χ1n) is 9.11. The summed E-state index contributed by atoms with van der Waals surface area (Å²) in [6.45, 7) is 0.215. The van der Waals surface area contributed by atoms with Gasteiger partial charge in [0.05, 0.1) is 17.1 Å². The second kappa shape index (κ2) is 11.1. The number of aliphatic hydroxyl groups is 2. The van der Waals surface area contributed by atoms with E-state index in [1.54, 1.807) is 35.2 Å². The third-order valence-electron chi connectivity index (χ3n) is 4.63. The van der Waals surface area contributed by atoms with Crippen LogP contribution in [0.1, 0.15) is 23.3 Å². The molecular formula is C22H22NNaO5S. The van der Waals surface area contributed by atoms with Gasteiger partial charge in [0.2, 0.25) is 0 Å². The molecule has 152 valence electrons. The van der Waals surface area contributed by atoms with E-state index in [1.807, 2.05) is 36.4 Å². The van der Waals surface area contributed by atoms with E-state index in [4.69, 9.17) is 0 Å². The molecule has 3 rings (SSSR count). The summed E-state index contributed by atoms with van der Waals surface area (Å²) in [6, 6.07) is 23.7. The van der Waals surface area contributed by atoms with Crippen molar-refractivity contribution in [3.05, 3.63) is 96.1 Å². The molecule has 2 unspecified atom stereocenters. The van der Waals surface area contributed by atoms with Crippen molar-refractivity contribution in [2.24, 2.45) is 0 Å². The van der Waals surface area contributed by atoms with Crippen LogP contribution in [0.3, 0.4) is 0 Å². The second-order valence-electron chi connectivity index (χ2n) is 6.71. The maximum atomic E-state index is 11.4. The first kappa shape index (κ1) is 24.6. The first-order valence-corrected chi connectivity index (χ1v) is 10.5. The first-order chi connectivity index (χ1) is 13.8. The third-order valence-corrected chi connectivity index (χ3v) is 5.46. The van der Waals surface area contributed by atoms with Crippen LogP contribution in [-0.2, 0) is 10.1 Å². The van der Waals surface area contributed by atoms with Gasteiger partial charge in [-0.3, -0.25) is 0 Å². The van der Waals surface area contributed by atoms with Gasteiger partial charge >= 0.3 is 29.6 Å². The average molecular weight is 435 g/mol. The molecule has 3 aromatic rings. The largest absolute Gasteiger partial charge is 1.00 e. The number of rotatable bonds is 8. The maximum absolute atomic E-state index is 11.4. The molecule has 8 heteroatoms. The van der Waals surface area contributed by atoms with Gasteiger partial charge in [-0.1, -0.05) is 66.7 Å². The predicted octanol–water partition coefficient (Wildman–Crippen LogP) is -0.132. The topological polar surface area (TPSA) is 101 Å². The SMILES string of the molecule is O=S(=O)([O-])c1cccc(N(CC(O)c2ccccc2)CC(O)c2ccccc2)c1.[Na+]. The zero-order chi connectivity index (χ0) is 20.9. The molecule has 6 nitrogen and oxygen atoms in total. The Labute approximate surface area is 198 Å². The zero-order valence-electron chi connectivity index (χ0n) is 16.6. The van der Waals surface area contributed by atoms with Gasteiger partial charge in [0.1, 0.15) is 10.1 Å². The van der Waals surface area contributed by atoms with E-state index in [1.165, 1.54) is 18.2 Å². The standard InChI is InChI=1S/C22H23NO5S.Na/c24-21(17-8-3-1-4-9-17)15-23(16-22(25)18-10-5-2-6-11-18)19-12-7-13-20(14-19)29(26,27)28;/h1-14,21-22,24-25H,15-16H2,(H,26,27,28);/q;+1/p-1. The molecule has 0 aliphatic heterocycles. The fourth-order valence-electron chi connectivity index (χ4n) is 3.10. The number of benzene rings is 3. The van der Waals surface area contributed by atoms with Gasteiger partial charge in [-0.2, -0.15) is 0 Å². The van der Waals surface area contributed by atoms with Gasteiger partial charge in [0.25, 0.3) is 0 Å². The molecule has 2 N–H and O–H groups in total. The predicted molar refractivity (Wildman–Crippen MR) is 109 cm³/mol. The average Bonchev–Trinajstić information content (AvgIpc) is 2.74. The van der Waals surface area contributed by atoms with Crippen LogP contribution in [0.4, 0.5) is 5.69 Å². The van der Waals surface area contributed by atoms with Crippen LogP contribution in [0.5, 0.6) is 0 Å². The van der Waals surface area contributed by atoms with Crippen LogP contribution in [0.15, 0.2) is 89.8 Å². The summed E-state index contributed by atoms with van der Waals surface area (Å²) in [4.78, 5) is 1.31. The Morgan fingerprint density at radius 3 is 1.67 bits per heavy atom. The molecule has 0 bridgehead atoms. The molecule has 0 heterocycles. The van der Waals surface area contributed by atoms with Crippen LogP contribution < -0.4 is 34.5 Å². The van der Waals surface area contributed by atoms with E-state index < -0.39 is 22.3 Å². The minimum Gasteiger partial charge on any atom is -0.744 e. The number of anilines is 1. The molecule has 0 radical (unpaired) electrons. The van der Waals surface area contributed by atoms with Crippen LogP contribution >= 0.6 is 0 Å². The fraction of sp³-hybridized carbons (Fsp3) is 0.182. The van der Waals surface area contributed by atoms with E-state index in [0.717, 1.165) is 0 Å². The van der Waals surface area contributed by atoms with Crippen LogP contribution in [0.25, 0.3) is 0 Å². The van der Waals surface area contributed by atoms with Crippen LogP contribution in [-0.4, -0.2) is 36.3 Å². The number of aliphatic hydroxyl groups excluding tert-OH is 2. The Bertz CT molecular complexity index is 984. The monoisotopic (exact) mass is 435 g/mol. The molecule has 0 aromatic heterocycles. The summed E-state index contributed by atoms with van der Waals surface area (Å²) in [5.74, 6) is 0. The Balaban J connectivity index is 0.00000320. The molecular weight excluding hydrogens is 413 g/mol. The van der Waals surface area contributed by atoms with E-state index in [-0.39, 0.29) is 47.5 Å². The molecule has 0 saturated carbocycles. The van der Waals surface area contributed by atoms with Crippen molar-refractivity contribution in [3.63, 3.8) is 0 Å². The molecule has 3 aromatic carbocycles. The Kier molecular flexibility index (Phi) is 9.06. The van der Waals surface area contributed by atoms with Crippen molar-refractivity contribution in [1.29, 1.82) is 0 Å². The van der Waals surface area contributed by atoms with Gasteiger partial charge in [-0.05, 0) is 29.3 Å². The van der Waals surface area contributed by atoms with Crippen molar-refractivity contribution in [2.75, 3.05) is 18.0 Å². The minimum atomic E-state index is -4.62. The van der Waals surface area contributed by atoms with Gasteiger partial charge in [0.15, 0.2) is 0 Å². The smallest absolute Gasteiger partial charge is 0.744 e. The van der Waals surface area contributed by atoms with E-state index in [2.05, 4.69) is 0 Å². The third kappa shape index (κ3) is 6.65. The summed E-state index contributed by atoms with van der Waals surface area (Å²) in [5.41, 5.74) is 1.81. The summed E-state index contributed by atoms with van der Waals surface area (Å²) >= 11 is 0. The molecule has 0 fully saturated rings. The Morgan fingerprint density at radius 2 is 1.23 bits per heavy atom. The Hall–Kier alpha value is -1.71. The molecule has 0 amide bonds. The van der Waals surface area contributed by atoms with Gasteiger partial charge in [-0.25, -0.2) is 8.42 Å². The molecule has 30 heavy (non-hydrogen) atoms. The maximum Gasteiger partial charge on any atom is 1.00 e. The van der Waals surface area contributed by atoms with E-state index >= 15 is 0 Å². The molecule has 2 atom stereocenters. The summed E-state index contributed by atoms with van der Waals surface area (Å²) in [7, 11) is -4.62. The van der Waals surface area contributed by atoms with Crippen molar-refractivity contribution < 1.29 is 52.7 Å². The van der Waals surface area contributed by atoms with Crippen molar-refractivity contribution in [1.82, 2.24) is 0 Å². The summed E-state index contributed by atoms with van der Waals surface area (Å²) < 4.78 is 34.3. The van der Waals surface area contributed by atoms with Crippen LogP contribution in [0.2, 0.25) is 0 Å². The Morgan fingerprint density at radius 1 is 0.767 bits per heavy atom. The van der Waals surface area contributed by atoms with E-state index in [0.29, 0.717) is 16.8 Å². The molecule has 0 saturated heterocycles. The number of nitrogens with zero attached hydrogens (tertiary/aromatic N) is 1. The van der Waals surface area contributed by atoms with Crippen molar-refractivity contribution in [2.45, 2.75) is 17.1 Å². The summed E-state index contributed by atoms with van der Waals surface area (Å²) in [6.07, 6.45) is -1.74. The minimum absolute atomic E-state index is 0. The number of hydrogen-bond donors (Lipinski definition) is 2. The van der Waals surface area contributed by atoms with Gasteiger partial charge < -0.3 is 19.7 Å². The quantitative estimate of drug-likeness (QED) is 0.378. The fourth-order valence-corrected chi connectivity index (χ4v) is 3.61. The zero-order valence-corrected chi connectivity index (χ0v) is 19.4. The van der Waals surface area contributed by atoms with Crippen molar-refractivity contribution in [3.8, 4) is 0 Å². The molecule has 0 aliphatic rings. The number of hydrogen-bond acceptors (Lipinski definition) is 6. The van der Waals surface area contributed by atoms with Gasteiger partial charge in [-0.15, -0.1) is 0 Å². The van der Waals surface area contributed by atoms with Crippen molar-refractivity contribution >= 4 is 15.8 Å². The molecule has 0 aliphatic carbocycles. The van der Waals surface area contributed by atoms with Gasteiger partial charge in [0, 0.05) is 18.8 Å². The van der Waals surface area contributed by atoms with Crippen LogP contribution in [0, 0.1) is 0 Å².